The van der Waals surface area contributed by atoms with E-state index in [1.54, 1.807) is 42.5 Å². The van der Waals surface area contributed by atoms with E-state index >= 15 is 0 Å². The molecular formula is C17H10Cl2O3. The van der Waals surface area contributed by atoms with Crippen molar-refractivity contribution in [1.29, 1.82) is 0 Å². The molecule has 0 aliphatic heterocycles. The maximum Gasteiger partial charge on any atom is 0.335 e. The number of fused-ring (bicyclic) bond motifs is 1. The van der Waals surface area contributed by atoms with E-state index in [9.17, 15) is 4.79 Å². The second-order valence-electron chi connectivity index (χ2n) is 4.68. The van der Waals surface area contributed by atoms with E-state index < -0.39 is 5.97 Å². The lowest BCUT2D eigenvalue weighted by atomic mass is 10.1. The van der Waals surface area contributed by atoms with Gasteiger partial charge in [-0.25, -0.2) is 4.79 Å². The summed E-state index contributed by atoms with van der Waals surface area (Å²) in [5.74, 6) is 0.217. The van der Waals surface area contributed by atoms with Crippen LogP contribution in [0.4, 0.5) is 0 Å². The Kier molecular flexibility index (Phi) is 3.92. The first-order valence-corrected chi connectivity index (χ1v) is 7.19. The van der Waals surface area contributed by atoms with Gasteiger partial charge in [0.2, 0.25) is 0 Å². The number of carbonyl (C=O) groups is 1. The molecule has 0 heterocycles. The molecule has 0 bridgehead atoms. The van der Waals surface area contributed by atoms with Gasteiger partial charge in [-0.3, -0.25) is 0 Å². The van der Waals surface area contributed by atoms with Crippen molar-refractivity contribution in [2.75, 3.05) is 0 Å². The van der Waals surface area contributed by atoms with Gasteiger partial charge in [-0.1, -0.05) is 35.3 Å². The molecule has 3 aromatic carbocycles. The molecule has 0 aliphatic carbocycles. The highest BCUT2D eigenvalue weighted by Gasteiger charge is 2.08. The number of carboxylic acids is 1. The largest absolute Gasteiger partial charge is 0.478 e. The molecule has 22 heavy (non-hydrogen) atoms. The van der Waals surface area contributed by atoms with E-state index in [-0.39, 0.29) is 5.56 Å². The number of rotatable bonds is 3. The molecule has 1 N–H and O–H groups in total. The summed E-state index contributed by atoms with van der Waals surface area (Å²) in [4.78, 5) is 11.0. The topological polar surface area (TPSA) is 46.5 Å². The van der Waals surface area contributed by atoms with Crippen molar-refractivity contribution in [1.82, 2.24) is 0 Å². The smallest absolute Gasteiger partial charge is 0.335 e. The van der Waals surface area contributed by atoms with Gasteiger partial charge in [0.25, 0.3) is 0 Å². The second-order valence-corrected chi connectivity index (χ2v) is 5.49. The average molecular weight is 333 g/mol. The first kappa shape index (κ1) is 14.7. The van der Waals surface area contributed by atoms with E-state index in [2.05, 4.69) is 0 Å². The standard InChI is InChI=1S/C17H10Cl2O3/c18-14-7-5-12(9-15(14)19)22-16-3-1-2-10-8-11(17(20)21)4-6-13(10)16/h1-9H,(H,20,21). The van der Waals surface area contributed by atoms with Gasteiger partial charge in [0.05, 0.1) is 15.6 Å². The molecule has 0 saturated carbocycles. The lowest BCUT2D eigenvalue weighted by Crippen LogP contribution is -1.95. The molecule has 0 saturated heterocycles. The molecule has 0 unspecified atom stereocenters. The van der Waals surface area contributed by atoms with Crippen molar-refractivity contribution < 1.29 is 14.6 Å². The Labute approximate surface area is 136 Å². The molecule has 0 atom stereocenters. The van der Waals surface area contributed by atoms with Crippen molar-refractivity contribution >= 4 is 39.9 Å². The van der Waals surface area contributed by atoms with Gasteiger partial charge >= 0.3 is 5.97 Å². The Hall–Kier alpha value is -2.23. The van der Waals surface area contributed by atoms with Crippen LogP contribution in [-0.2, 0) is 0 Å². The maximum atomic E-state index is 11.0. The third kappa shape index (κ3) is 2.86. The molecule has 5 heteroatoms. The Morgan fingerprint density at radius 1 is 0.955 bits per heavy atom. The van der Waals surface area contributed by atoms with Crippen LogP contribution in [0, 0.1) is 0 Å². The maximum absolute atomic E-state index is 11.0. The van der Waals surface area contributed by atoms with Gasteiger partial charge < -0.3 is 9.84 Å². The minimum atomic E-state index is -0.960. The fourth-order valence-corrected chi connectivity index (χ4v) is 2.43. The molecule has 3 aromatic rings. The van der Waals surface area contributed by atoms with Crippen molar-refractivity contribution in [3.63, 3.8) is 0 Å². The van der Waals surface area contributed by atoms with Gasteiger partial charge in [-0.05, 0) is 41.8 Å². The Morgan fingerprint density at radius 2 is 1.77 bits per heavy atom. The van der Waals surface area contributed by atoms with E-state index in [4.69, 9.17) is 33.0 Å². The molecule has 3 nitrogen and oxygen atoms in total. The monoisotopic (exact) mass is 332 g/mol. The van der Waals surface area contributed by atoms with E-state index in [0.29, 0.717) is 21.5 Å². The highest BCUT2D eigenvalue weighted by Crippen LogP contribution is 2.33. The first-order valence-electron chi connectivity index (χ1n) is 6.43. The molecular weight excluding hydrogens is 323 g/mol. The van der Waals surface area contributed by atoms with E-state index in [1.165, 1.54) is 0 Å². The Balaban J connectivity index is 2.03. The Bertz CT molecular complexity index is 875. The van der Waals surface area contributed by atoms with E-state index in [1.807, 2.05) is 12.1 Å². The fraction of sp³-hybridized carbons (Fsp3) is 0. The van der Waals surface area contributed by atoms with Crippen molar-refractivity contribution in [2.24, 2.45) is 0 Å². The summed E-state index contributed by atoms with van der Waals surface area (Å²) in [6.07, 6.45) is 0. The van der Waals surface area contributed by atoms with Crippen LogP contribution in [0.1, 0.15) is 10.4 Å². The quantitative estimate of drug-likeness (QED) is 0.675. The average Bonchev–Trinajstić information content (AvgIpc) is 2.50. The summed E-state index contributed by atoms with van der Waals surface area (Å²) in [7, 11) is 0. The van der Waals surface area contributed by atoms with Crippen molar-refractivity contribution in [2.45, 2.75) is 0 Å². The summed E-state index contributed by atoms with van der Waals surface area (Å²) in [5.41, 5.74) is 0.235. The summed E-state index contributed by atoms with van der Waals surface area (Å²) in [6, 6.07) is 15.4. The van der Waals surface area contributed by atoms with Gasteiger partial charge in [-0.2, -0.15) is 0 Å². The summed E-state index contributed by atoms with van der Waals surface area (Å²) >= 11 is 11.9. The summed E-state index contributed by atoms with van der Waals surface area (Å²) < 4.78 is 5.84. The highest BCUT2D eigenvalue weighted by atomic mass is 35.5. The van der Waals surface area contributed by atoms with Crippen LogP contribution in [0.25, 0.3) is 10.8 Å². The normalized spacial score (nSPS) is 10.6. The zero-order chi connectivity index (χ0) is 15.7. The molecule has 0 radical (unpaired) electrons. The van der Waals surface area contributed by atoms with Gasteiger partial charge in [0.1, 0.15) is 11.5 Å². The summed E-state index contributed by atoms with van der Waals surface area (Å²) in [6.45, 7) is 0. The molecule has 0 fully saturated rings. The van der Waals surface area contributed by atoms with Crippen LogP contribution in [0.2, 0.25) is 10.0 Å². The predicted molar refractivity (Wildman–Crippen MR) is 87.4 cm³/mol. The number of hydrogen-bond acceptors (Lipinski definition) is 2. The van der Waals surface area contributed by atoms with Crippen LogP contribution >= 0.6 is 23.2 Å². The lowest BCUT2D eigenvalue weighted by molar-refractivity contribution is 0.0697. The van der Waals surface area contributed by atoms with Crippen LogP contribution < -0.4 is 4.74 Å². The van der Waals surface area contributed by atoms with Crippen LogP contribution in [0.3, 0.4) is 0 Å². The molecule has 0 amide bonds. The summed E-state index contributed by atoms with van der Waals surface area (Å²) in [5, 5.41) is 11.5. The second kappa shape index (κ2) is 5.87. The van der Waals surface area contributed by atoms with Crippen LogP contribution in [-0.4, -0.2) is 11.1 Å². The van der Waals surface area contributed by atoms with Gasteiger partial charge in [0, 0.05) is 11.5 Å². The number of benzene rings is 3. The number of aromatic carboxylic acids is 1. The van der Waals surface area contributed by atoms with Gasteiger partial charge in [-0.15, -0.1) is 0 Å². The van der Waals surface area contributed by atoms with Crippen LogP contribution in [0.15, 0.2) is 54.6 Å². The SMILES string of the molecule is O=C(O)c1ccc2c(Oc3ccc(Cl)c(Cl)c3)cccc2c1. The minimum absolute atomic E-state index is 0.235. The molecule has 0 aromatic heterocycles. The number of carboxylic acid groups (broad SMARTS) is 1. The minimum Gasteiger partial charge on any atom is -0.478 e. The van der Waals surface area contributed by atoms with Crippen LogP contribution in [0.5, 0.6) is 11.5 Å². The number of halogens is 2. The Morgan fingerprint density at radius 3 is 2.50 bits per heavy atom. The molecule has 3 rings (SSSR count). The molecule has 0 spiro atoms. The third-order valence-corrected chi connectivity index (χ3v) is 3.95. The van der Waals surface area contributed by atoms with Crippen molar-refractivity contribution in [3.8, 4) is 11.5 Å². The predicted octanol–water partition coefficient (Wildman–Crippen LogP) is 5.64. The van der Waals surface area contributed by atoms with Gasteiger partial charge in [0.15, 0.2) is 0 Å². The fourth-order valence-electron chi connectivity index (χ4n) is 2.14. The number of hydrogen-bond donors (Lipinski definition) is 1. The highest BCUT2D eigenvalue weighted by molar-refractivity contribution is 6.42. The lowest BCUT2D eigenvalue weighted by Gasteiger charge is -2.10. The molecule has 0 aliphatic rings. The third-order valence-electron chi connectivity index (χ3n) is 3.21. The zero-order valence-electron chi connectivity index (χ0n) is 11.2. The zero-order valence-corrected chi connectivity index (χ0v) is 12.7. The van der Waals surface area contributed by atoms with E-state index in [0.717, 1.165) is 10.8 Å². The van der Waals surface area contributed by atoms with Crippen molar-refractivity contribution in [3.05, 3.63) is 70.2 Å². The molecule has 110 valence electrons. The number of ether oxygens (including phenoxy) is 1. The first-order chi connectivity index (χ1) is 10.5.